The molecule has 0 aliphatic carbocycles. The molecular formula is C7H10F2O2. The highest BCUT2D eigenvalue weighted by molar-refractivity contribution is 5.85. The molecule has 0 aromatic carbocycles. The number of halogens is 2. The van der Waals surface area contributed by atoms with E-state index in [-0.39, 0.29) is 24.8 Å². The van der Waals surface area contributed by atoms with Crippen molar-refractivity contribution in [2.45, 2.75) is 25.7 Å². The van der Waals surface area contributed by atoms with Crippen molar-refractivity contribution in [1.82, 2.24) is 0 Å². The van der Waals surface area contributed by atoms with Crippen LogP contribution in [-0.2, 0) is 4.79 Å². The Hall–Kier alpha value is -0.930. The van der Waals surface area contributed by atoms with Crippen LogP contribution in [0.25, 0.3) is 0 Å². The molecule has 0 heterocycles. The van der Waals surface area contributed by atoms with Crippen LogP contribution in [0.4, 0.5) is 8.78 Å². The van der Waals surface area contributed by atoms with Crippen LogP contribution in [0.3, 0.4) is 0 Å². The molecule has 0 fully saturated rings. The van der Waals surface area contributed by atoms with Gasteiger partial charge in [-0.15, -0.1) is 0 Å². The van der Waals surface area contributed by atoms with Gasteiger partial charge in [-0.3, -0.25) is 0 Å². The van der Waals surface area contributed by atoms with Crippen LogP contribution in [0.1, 0.15) is 19.3 Å². The predicted molar refractivity (Wildman–Crippen MR) is 36.6 cm³/mol. The van der Waals surface area contributed by atoms with Gasteiger partial charge in [0.1, 0.15) is 0 Å². The lowest BCUT2D eigenvalue weighted by Gasteiger charge is -1.98. The van der Waals surface area contributed by atoms with Crippen LogP contribution >= 0.6 is 0 Å². The molecular weight excluding hydrogens is 154 g/mol. The van der Waals surface area contributed by atoms with Crippen LogP contribution in [0, 0.1) is 0 Å². The lowest BCUT2D eigenvalue weighted by molar-refractivity contribution is -0.132. The Kier molecular flexibility index (Phi) is 4.41. The molecule has 4 heteroatoms. The van der Waals surface area contributed by atoms with E-state index < -0.39 is 12.4 Å². The fourth-order valence-electron chi connectivity index (χ4n) is 0.577. The van der Waals surface area contributed by atoms with Crippen molar-refractivity contribution >= 4 is 5.97 Å². The molecule has 0 saturated heterocycles. The molecule has 64 valence electrons. The molecule has 0 rings (SSSR count). The molecule has 11 heavy (non-hydrogen) atoms. The summed E-state index contributed by atoms with van der Waals surface area (Å²) in [4.78, 5) is 10.1. The third-order valence-electron chi connectivity index (χ3n) is 1.20. The highest BCUT2D eigenvalue weighted by Crippen LogP contribution is 2.09. The van der Waals surface area contributed by atoms with E-state index in [1.807, 2.05) is 0 Å². The zero-order valence-corrected chi connectivity index (χ0v) is 6.02. The third-order valence-corrected chi connectivity index (χ3v) is 1.20. The van der Waals surface area contributed by atoms with Crippen molar-refractivity contribution in [3.63, 3.8) is 0 Å². The van der Waals surface area contributed by atoms with E-state index >= 15 is 0 Å². The first kappa shape index (κ1) is 10.1. The summed E-state index contributed by atoms with van der Waals surface area (Å²) in [6.45, 7) is 3.21. The summed E-state index contributed by atoms with van der Waals surface area (Å²) in [5.41, 5.74) is -0.00866. The maximum absolute atomic E-state index is 11.5. The number of hydrogen-bond acceptors (Lipinski definition) is 1. The summed E-state index contributed by atoms with van der Waals surface area (Å²) in [7, 11) is 0. The van der Waals surface area contributed by atoms with Gasteiger partial charge in [-0.1, -0.05) is 6.58 Å². The summed E-state index contributed by atoms with van der Waals surface area (Å²) in [6, 6.07) is 0. The molecule has 0 spiro atoms. The Balaban J connectivity index is 3.40. The van der Waals surface area contributed by atoms with Crippen molar-refractivity contribution in [2.75, 3.05) is 0 Å². The molecule has 0 radical (unpaired) electrons. The number of hydrogen-bond donors (Lipinski definition) is 1. The molecule has 0 unspecified atom stereocenters. The Bertz CT molecular complexity index is 155. The van der Waals surface area contributed by atoms with E-state index in [0.29, 0.717) is 0 Å². The molecule has 2 nitrogen and oxygen atoms in total. The number of alkyl halides is 2. The quantitative estimate of drug-likeness (QED) is 0.631. The summed E-state index contributed by atoms with van der Waals surface area (Å²) >= 11 is 0. The second-order valence-corrected chi connectivity index (χ2v) is 2.19. The van der Waals surface area contributed by atoms with E-state index in [1.165, 1.54) is 0 Å². The minimum absolute atomic E-state index is 0.00866. The minimum Gasteiger partial charge on any atom is -0.478 e. The second-order valence-electron chi connectivity index (χ2n) is 2.19. The summed E-state index contributed by atoms with van der Waals surface area (Å²) in [5, 5.41) is 8.26. The summed E-state index contributed by atoms with van der Waals surface area (Å²) in [6.07, 6.45) is -2.29. The lowest BCUT2D eigenvalue weighted by atomic mass is 10.1. The minimum atomic E-state index is -2.35. The average Bonchev–Trinajstić information content (AvgIpc) is 1.86. The van der Waals surface area contributed by atoms with Gasteiger partial charge in [0, 0.05) is 12.0 Å². The topological polar surface area (TPSA) is 37.3 Å². The monoisotopic (exact) mass is 164 g/mol. The first-order valence-corrected chi connectivity index (χ1v) is 3.23. The predicted octanol–water partition coefficient (Wildman–Crippen LogP) is 2.06. The van der Waals surface area contributed by atoms with Gasteiger partial charge in [-0.05, 0) is 12.8 Å². The number of carboxylic acids is 1. The van der Waals surface area contributed by atoms with Gasteiger partial charge in [-0.25, -0.2) is 13.6 Å². The molecule has 1 N–H and O–H groups in total. The van der Waals surface area contributed by atoms with Crippen LogP contribution in [0.5, 0.6) is 0 Å². The number of carbonyl (C=O) groups is 1. The maximum atomic E-state index is 11.5. The smallest absolute Gasteiger partial charge is 0.330 e. The first-order valence-electron chi connectivity index (χ1n) is 3.23. The Labute approximate surface area is 63.5 Å². The fraction of sp³-hybridized carbons (Fsp3) is 0.571. The van der Waals surface area contributed by atoms with E-state index in [1.54, 1.807) is 0 Å². The molecule has 0 amide bonds. The summed E-state index contributed by atoms with van der Waals surface area (Å²) in [5.74, 6) is -1.11. The standard InChI is InChI=1S/C7H10F2O2/c1-5(7(10)11)3-2-4-6(8)9/h6H,1-4H2,(H,10,11). The molecule has 0 aliphatic rings. The van der Waals surface area contributed by atoms with Gasteiger partial charge in [0.25, 0.3) is 0 Å². The number of carboxylic acid groups (broad SMARTS) is 1. The van der Waals surface area contributed by atoms with Crippen molar-refractivity contribution in [2.24, 2.45) is 0 Å². The zero-order chi connectivity index (χ0) is 8.85. The van der Waals surface area contributed by atoms with Gasteiger partial charge in [-0.2, -0.15) is 0 Å². The molecule has 0 saturated carbocycles. The average molecular weight is 164 g/mol. The van der Waals surface area contributed by atoms with E-state index in [9.17, 15) is 13.6 Å². The Morgan fingerprint density at radius 1 is 1.55 bits per heavy atom. The molecule has 0 atom stereocenters. The second kappa shape index (κ2) is 4.82. The molecule has 0 aromatic heterocycles. The van der Waals surface area contributed by atoms with E-state index in [4.69, 9.17) is 5.11 Å². The van der Waals surface area contributed by atoms with Crippen molar-refractivity contribution in [3.05, 3.63) is 12.2 Å². The van der Waals surface area contributed by atoms with Crippen LogP contribution in [-0.4, -0.2) is 17.5 Å². The van der Waals surface area contributed by atoms with Gasteiger partial charge in [0.15, 0.2) is 0 Å². The van der Waals surface area contributed by atoms with Gasteiger partial charge in [0.05, 0.1) is 0 Å². The molecule has 0 bridgehead atoms. The number of rotatable bonds is 5. The van der Waals surface area contributed by atoms with Crippen LogP contribution in [0.15, 0.2) is 12.2 Å². The SMILES string of the molecule is C=C(CCCC(F)F)C(=O)O. The number of aliphatic carboxylic acids is 1. The lowest BCUT2D eigenvalue weighted by Crippen LogP contribution is -1.99. The van der Waals surface area contributed by atoms with E-state index in [2.05, 4.69) is 6.58 Å². The highest BCUT2D eigenvalue weighted by atomic mass is 19.3. The molecule has 0 aliphatic heterocycles. The maximum Gasteiger partial charge on any atom is 0.330 e. The largest absolute Gasteiger partial charge is 0.478 e. The third kappa shape index (κ3) is 5.51. The zero-order valence-electron chi connectivity index (χ0n) is 6.02. The van der Waals surface area contributed by atoms with Gasteiger partial charge >= 0.3 is 5.97 Å². The summed E-state index contributed by atoms with van der Waals surface area (Å²) < 4.78 is 23.0. The Morgan fingerprint density at radius 2 is 2.09 bits per heavy atom. The van der Waals surface area contributed by atoms with Gasteiger partial charge < -0.3 is 5.11 Å². The first-order chi connectivity index (χ1) is 5.04. The fourth-order valence-corrected chi connectivity index (χ4v) is 0.577. The van der Waals surface area contributed by atoms with E-state index in [0.717, 1.165) is 0 Å². The van der Waals surface area contributed by atoms with Crippen LogP contribution < -0.4 is 0 Å². The highest BCUT2D eigenvalue weighted by Gasteiger charge is 2.06. The van der Waals surface area contributed by atoms with Crippen molar-refractivity contribution in [3.8, 4) is 0 Å². The van der Waals surface area contributed by atoms with Gasteiger partial charge in [0.2, 0.25) is 6.43 Å². The Morgan fingerprint density at radius 3 is 2.45 bits per heavy atom. The molecule has 0 aromatic rings. The van der Waals surface area contributed by atoms with Crippen molar-refractivity contribution in [1.29, 1.82) is 0 Å². The van der Waals surface area contributed by atoms with Crippen molar-refractivity contribution < 1.29 is 18.7 Å². The van der Waals surface area contributed by atoms with Crippen LogP contribution in [0.2, 0.25) is 0 Å². The normalized spacial score (nSPS) is 10.1.